The smallest absolute Gasteiger partial charge is 0.238 e. The molecule has 0 unspecified atom stereocenters. The molecule has 5 heteroatoms. The third-order valence-electron chi connectivity index (χ3n) is 11.3. The summed E-state index contributed by atoms with van der Waals surface area (Å²) in [5.74, 6) is 1.77. The van der Waals surface area contributed by atoms with Gasteiger partial charge in [0, 0.05) is 33.0 Å². The fourth-order valence-electron chi connectivity index (χ4n) is 8.22. The molecular weight excluding hydrogens is 743 g/mol. The lowest BCUT2D eigenvalue weighted by molar-refractivity contribution is 0.953. The third-order valence-corrected chi connectivity index (χ3v) is 11.3. The molecule has 0 spiro atoms. The zero-order valence-corrected chi connectivity index (χ0v) is 33.1. The fraction of sp³-hybridized carbons (Fsp3) is 0. The first-order chi connectivity index (χ1) is 30.2. The van der Waals surface area contributed by atoms with Crippen LogP contribution in [0.15, 0.2) is 224 Å². The normalized spacial score (nSPS) is 11.3. The van der Waals surface area contributed by atoms with Gasteiger partial charge in [-0.25, -0.2) is 9.97 Å². The van der Waals surface area contributed by atoms with Gasteiger partial charge in [-0.2, -0.15) is 9.97 Å². The number of hydrogen-bond donors (Lipinski definition) is 0. The zero-order chi connectivity index (χ0) is 40.5. The van der Waals surface area contributed by atoms with E-state index in [1.165, 1.54) is 11.1 Å². The summed E-state index contributed by atoms with van der Waals surface area (Å²) in [7, 11) is 0. The van der Waals surface area contributed by atoms with Crippen LogP contribution in [0.4, 0.5) is 0 Å². The van der Waals surface area contributed by atoms with Crippen LogP contribution in [-0.2, 0) is 0 Å². The monoisotopic (exact) mass is 779 g/mol. The average molecular weight is 780 g/mol. The number of benzene rings is 8. The van der Waals surface area contributed by atoms with Gasteiger partial charge in [-0.05, 0) is 75.8 Å². The summed E-state index contributed by atoms with van der Waals surface area (Å²) >= 11 is 0. The second-order valence-corrected chi connectivity index (χ2v) is 15.1. The number of nitrogens with zero attached hydrogens (tertiary/aromatic N) is 5. The maximum atomic E-state index is 5.31. The maximum Gasteiger partial charge on any atom is 0.238 e. The van der Waals surface area contributed by atoms with Gasteiger partial charge in [0.2, 0.25) is 5.95 Å². The van der Waals surface area contributed by atoms with Crippen LogP contribution in [0.2, 0.25) is 0 Å². The second-order valence-electron chi connectivity index (χ2n) is 15.1. The van der Waals surface area contributed by atoms with Crippen LogP contribution in [0.25, 0.3) is 106 Å². The molecule has 0 amide bonds. The van der Waals surface area contributed by atoms with Crippen molar-refractivity contribution in [2.45, 2.75) is 0 Å². The maximum absolute atomic E-state index is 5.31. The summed E-state index contributed by atoms with van der Waals surface area (Å²) in [5.41, 5.74) is 14.6. The van der Waals surface area contributed by atoms with E-state index in [2.05, 4.69) is 162 Å². The molecule has 11 rings (SSSR count). The largest absolute Gasteiger partial charge is 0.278 e. The Bertz CT molecular complexity index is 3210. The number of aromatic nitrogens is 5. The molecule has 8 aromatic carbocycles. The first-order valence-corrected chi connectivity index (χ1v) is 20.5. The van der Waals surface area contributed by atoms with Crippen LogP contribution < -0.4 is 0 Å². The molecule has 3 heterocycles. The average Bonchev–Trinajstić information content (AvgIpc) is 3.68. The quantitative estimate of drug-likeness (QED) is 0.154. The van der Waals surface area contributed by atoms with Crippen molar-refractivity contribution in [3.8, 4) is 84.6 Å². The molecule has 0 aliphatic heterocycles. The van der Waals surface area contributed by atoms with E-state index in [4.69, 9.17) is 19.9 Å². The molecule has 0 radical (unpaired) electrons. The second kappa shape index (κ2) is 15.5. The van der Waals surface area contributed by atoms with E-state index in [0.717, 1.165) is 77.7 Å². The van der Waals surface area contributed by atoms with Gasteiger partial charge in [-0.1, -0.05) is 182 Å². The number of fused-ring (bicyclic) bond motifs is 3. The molecule has 0 saturated heterocycles. The molecule has 5 nitrogen and oxygen atoms in total. The molecular formula is C56H37N5. The molecule has 0 fully saturated rings. The first-order valence-electron chi connectivity index (χ1n) is 20.5. The van der Waals surface area contributed by atoms with Gasteiger partial charge in [0.15, 0.2) is 11.6 Å². The minimum absolute atomic E-state index is 0.551. The van der Waals surface area contributed by atoms with Crippen LogP contribution in [-0.4, -0.2) is 24.5 Å². The zero-order valence-electron chi connectivity index (χ0n) is 33.1. The van der Waals surface area contributed by atoms with Crippen LogP contribution in [0.5, 0.6) is 0 Å². The summed E-state index contributed by atoms with van der Waals surface area (Å²) in [5, 5.41) is 2.16. The van der Waals surface area contributed by atoms with Crippen molar-refractivity contribution in [2.24, 2.45) is 0 Å². The summed E-state index contributed by atoms with van der Waals surface area (Å²) in [4.78, 5) is 20.7. The van der Waals surface area contributed by atoms with Gasteiger partial charge in [-0.15, -0.1) is 0 Å². The molecule has 3 aromatic heterocycles. The Balaban J connectivity index is 1.15. The summed E-state index contributed by atoms with van der Waals surface area (Å²) < 4.78 is 2.18. The number of rotatable bonds is 8. The van der Waals surface area contributed by atoms with Crippen molar-refractivity contribution < 1.29 is 0 Å². The molecule has 0 saturated carbocycles. The van der Waals surface area contributed by atoms with E-state index in [9.17, 15) is 0 Å². The van der Waals surface area contributed by atoms with Gasteiger partial charge in [0.05, 0.1) is 22.4 Å². The van der Waals surface area contributed by atoms with Crippen molar-refractivity contribution in [1.29, 1.82) is 0 Å². The molecule has 0 atom stereocenters. The number of hydrogen-bond acceptors (Lipinski definition) is 4. The molecule has 0 bridgehead atoms. The van der Waals surface area contributed by atoms with E-state index < -0.39 is 0 Å². The Morgan fingerprint density at radius 3 is 1.18 bits per heavy atom. The minimum Gasteiger partial charge on any atom is -0.278 e. The number of pyridine rings is 1. The highest BCUT2D eigenvalue weighted by atomic mass is 15.2. The van der Waals surface area contributed by atoms with E-state index in [1.807, 2.05) is 66.7 Å². The van der Waals surface area contributed by atoms with Crippen molar-refractivity contribution >= 4 is 21.8 Å². The van der Waals surface area contributed by atoms with Gasteiger partial charge in [0.25, 0.3) is 0 Å². The van der Waals surface area contributed by atoms with E-state index >= 15 is 0 Å². The van der Waals surface area contributed by atoms with Gasteiger partial charge >= 0.3 is 0 Å². The lowest BCUT2D eigenvalue weighted by Crippen LogP contribution is -2.06. The van der Waals surface area contributed by atoms with Crippen molar-refractivity contribution in [2.75, 3.05) is 0 Å². The Morgan fingerprint density at radius 1 is 0.246 bits per heavy atom. The highest BCUT2D eigenvalue weighted by molar-refractivity contribution is 6.11. The minimum atomic E-state index is 0.551. The van der Waals surface area contributed by atoms with Crippen LogP contribution in [0.3, 0.4) is 0 Å². The summed E-state index contributed by atoms with van der Waals surface area (Å²) in [6.07, 6.45) is 0. The molecule has 0 aliphatic rings. The Hall–Kier alpha value is -8.28. The van der Waals surface area contributed by atoms with Crippen molar-refractivity contribution in [3.63, 3.8) is 0 Å². The molecule has 0 N–H and O–H groups in total. The predicted octanol–water partition coefficient (Wildman–Crippen LogP) is 14.0. The highest BCUT2D eigenvalue weighted by Gasteiger charge is 2.20. The van der Waals surface area contributed by atoms with Crippen molar-refractivity contribution in [1.82, 2.24) is 24.5 Å². The van der Waals surface area contributed by atoms with Gasteiger partial charge < -0.3 is 0 Å². The molecule has 11 aromatic rings. The van der Waals surface area contributed by atoms with Crippen LogP contribution in [0, 0.1) is 0 Å². The topological polar surface area (TPSA) is 56.5 Å². The third kappa shape index (κ3) is 6.94. The lowest BCUT2D eigenvalue weighted by atomic mass is 9.97. The first kappa shape index (κ1) is 35.8. The fourth-order valence-corrected chi connectivity index (χ4v) is 8.22. The van der Waals surface area contributed by atoms with Crippen molar-refractivity contribution in [3.05, 3.63) is 224 Å². The van der Waals surface area contributed by atoms with E-state index in [0.29, 0.717) is 17.6 Å². The summed E-state index contributed by atoms with van der Waals surface area (Å²) in [6, 6.07) is 78.2. The predicted molar refractivity (Wildman–Crippen MR) is 250 cm³/mol. The lowest BCUT2D eigenvalue weighted by Gasteiger charge is -2.12. The Labute approximate surface area is 354 Å². The van der Waals surface area contributed by atoms with Gasteiger partial charge in [-0.3, -0.25) is 4.57 Å². The molecule has 0 aliphatic carbocycles. The SMILES string of the molecule is c1ccc(-c2cccc(-c3ccc4c(c3)c3cc(-c5cc(-c6ccccc6)cc(-c6ccccc6)n5)ccc3n4-c3nc(-c4ccccc4)nc(-c4ccccc4)n3)c2)cc1. The Morgan fingerprint density at radius 2 is 0.639 bits per heavy atom. The molecule has 286 valence electrons. The van der Waals surface area contributed by atoms with Crippen LogP contribution in [0.1, 0.15) is 0 Å². The Kier molecular flexibility index (Phi) is 9.10. The standard InChI is InChI=1S/C56H37N5/c1-6-17-38(18-7-1)43-27-16-28-44(33-43)45-29-31-52-48(34-45)49-35-46(51-37-47(39-19-8-2-9-20-39)36-50(57-51)40-21-10-3-11-22-40)30-32-53(49)61(52)56-59-54(41-23-12-4-13-24-41)58-55(60-56)42-25-14-5-15-26-42/h1-37H. The summed E-state index contributed by atoms with van der Waals surface area (Å²) in [6.45, 7) is 0. The van der Waals surface area contributed by atoms with Crippen LogP contribution >= 0.6 is 0 Å². The molecule has 61 heavy (non-hydrogen) atoms. The highest BCUT2D eigenvalue weighted by Crippen LogP contribution is 2.39. The van der Waals surface area contributed by atoms with E-state index in [1.54, 1.807) is 0 Å². The van der Waals surface area contributed by atoms with E-state index in [-0.39, 0.29) is 0 Å². The van der Waals surface area contributed by atoms with Gasteiger partial charge in [0.1, 0.15) is 0 Å².